The summed E-state index contributed by atoms with van der Waals surface area (Å²) >= 11 is 5.77. The molecule has 8 nitrogen and oxygen atoms in total. The number of nitrogens with zero attached hydrogens (tertiary/aromatic N) is 3. The molecule has 2 aliphatic rings. The van der Waals surface area contributed by atoms with Gasteiger partial charge in [-0.25, -0.2) is 9.78 Å². The van der Waals surface area contributed by atoms with E-state index in [2.05, 4.69) is 15.6 Å². The van der Waals surface area contributed by atoms with Crippen LogP contribution < -0.4 is 10.6 Å². The number of alkyl halides is 3. The number of urea groups is 1. The molecule has 1 unspecified atom stereocenters. The fraction of sp³-hybridized carbons (Fsp3) is 0.368. The maximum Gasteiger partial charge on any atom is 0.417 e. The van der Waals surface area contributed by atoms with E-state index in [0.29, 0.717) is 11.1 Å². The number of aromatic nitrogens is 2. The maximum atomic E-state index is 13.1. The normalized spacial score (nSPS) is 20.6. The Morgan fingerprint density at radius 1 is 1.26 bits per heavy atom. The second-order valence-electron chi connectivity index (χ2n) is 7.52. The van der Waals surface area contributed by atoms with E-state index in [1.165, 1.54) is 17.2 Å². The van der Waals surface area contributed by atoms with Crippen LogP contribution in [-0.4, -0.2) is 32.3 Å². The molecule has 0 saturated carbocycles. The molecule has 3 heterocycles. The first-order valence-electron chi connectivity index (χ1n) is 9.29. The Labute approximate surface area is 179 Å². The van der Waals surface area contributed by atoms with Gasteiger partial charge in [-0.3, -0.25) is 14.9 Å². The number of aryl methyl sites for hydroxylation is 1. The van der Waals surface area contributed by atoms with Crippen molar-refractivity contribution >= 4 is 29.4 Å². The summed E-state index contributed by atoms with van der Waals surface area (Å²) in [4.78, 5) is 42.7. The van der Waals surface area contributed by atoms with Gasteiger partial charge in [0.05, 0.1) is 10.6 Å². The summed E-state index contributed by atoms with van der Waals surface area (Å²) in [6, 6.07) is 1.50. The summed E-state index contributed by atoms with van der Waals surface area (Å²) in [5.74, 6) is -0.718. The highest BCUT2D eigenvalue weighted by Gasteiger charge is 2.50. The molecule has 1 fully saturated rings. The molecule has 2 N–H and O–H groups in total. The smallest absolute Gasteiger partial charge is 0.336 e. The first-order chi connectivity index (χ1) is 14.5. The zero-order valence-electron chi connectivity index (χ0n) is 16.2. The maximum absolute atomic E-state index is 13.1. The third-order valence-electron chi connectivity index (χ3n) is 5.53. The summed E-state index contributed by atoms with van der Waals surface area (Å²) in [7, 11) is 1.66. The molecule has 1 aromatic heterocycles. The average Bonchev–Trinajstić information content (AvgIpc) is 3.35. The molecular weight excluding hydrogens is 439 g/mol. The molecule has 12 heteroatoms. The predicted molar refractivity (Wildman–Crippen MR) is 102 cm³/mol. The minimum atomic E-state index is -4.59. The molecule has 4 amide bonds. The van der Waals surface area contributed by atoms with E-state index in [4.69, 9.17) is 11.6 Å². The van der Waals surface area contributed by atoms with Crippen LogP contribution in [0.25, 0.3) is 0 Å². The van der Waals surface area contributed by atoms with Crippen LogP contribution in [0, 0.1) is 0 Å². The van der Waals surface area contributed by atoms with E-state index in [-0.39, 0.29) is 37.7 Å². The van der Waals surface area contributed by atoms with Crippen LogP contribution in [0.2, 0.25) is 5.02 Å². The molecule has 1 aromatic carbocycles. The van der Waals surface area contributed by atoms with Crippen molar-refractivity contribution in [2.24, 2.45) is 7.05 Å². The Kier molecular flexibility index (Phi) is 4.95. The van der Waals surface area contributed by atoms with Crippen LogP contribution in [0.4, 0.5) is 18.0 Å². The van der Waals surface area contributed by atoms with Crippen LogP contribution in [0.3, 0.4) is 0 Å². The largest absolute Gasteiger partial charge is 0.417 e. The van der Waals surface area contributed by atoms with Crippen LogP contribution in [0.15, 0.2) is 24.5 Å². The van der Waals surface area contributed by atoms with Crippen molar-refractivity contribution in [1.82, 2.24) is 25.1 Å². The minimum absolute atomic E-state index is 0.00236. The standard InChI is InChI=1S/C19H17ClF3N5O3/c1-27-5-4-24-15(27)18(16(30)25-17(31)26-18)3-2-14(29)28-8-10-6-12(19(21,22)23)13(20)7-11(10)9-28/h4-7H,2-3,8-9H2,1H3,(H2,25,26,30,31). The fourth-order valence-corrected chi connectivity index (χ4v) is 4.27. The van der Waals surface area contributed by atoms with E-state index in [1.54, 1.807) is 17.8 Å². The molecule has 4 rings (SSSR count). The lowest BCUT2D eigenvalue weighted by Crippen LogP contribution is -2.46. The number of nitrogens with one attached hydrogen (secondary N) is 2. The first-order valence-corrected chi connectivity index (χ1v) is 9.67. The van der Waals surface area contributed by atoms with Crippen LogP contribution in [-0.2, 0) is 41.4 Å². The first kappa shape index (κ1) is 21.2. The fourth-order valence-electron chi connectivity index (χ4n) is 3.98. The number of hydrogen-bond donors (Lipinski definition) is 2. The van der Waals surface area contributed by atoms with Crippen molar-refractivity contribution in [2.75, 3.05) is 0 Å². The summed E-state index contributed by atoms with van der Waals surface area (Å²) in [5.41, 5.74) is -1.54. The Hall–Kier alpha value is -3.08. The molecule has 2 aromatic rings. The van der Waals surface area contributed by atoms with Crippen molar-refractivity contribution in [3.05, 3.63) is 52.1 Å². The predicted octanol–water partition coefficient (Wildman–Crippen LogP) is 2.45. The topological polar surface area (TPSA) is 96.3 Å². The highest BCUT2D eigenvalue weighted by Crippen LogP contribution is 2.39. The van der Waals surface area contributed by atoms with Gasteiger partial charge < -0.3 is 14.8 Å². The van der Waals surface area contributed by atoms with E-state index < -0.39 is 34.2 Å². The third kappa shape index (κ3) is 3.62. The summed E-state index contributed by atoms with van der Waals surface area (Å²) in [5, 5.41) is 4.31. The molecule has 1 saturated heterocycles. The number of imidazole rings is 1. The van der Waals surface area contributed by atoms with Crippen molar-refractivity contribution < 1.29 is 27.6 Å². The van der Waals surface area contributed by atoms with E-state index in [9.17, 15) is 27.6 Å². The molecule has 0 radical (unpaired) electrons. The highest BCUT2D eigenvalue weighted by atomic mass is 35.5. The molecule has 0 bridgehead atoms. The molecule has 1 atom stereocenters. The van der Waals surface area contributed by atoms with Gasteiger partial charge in [-0.2, -0.15) is 13.2 Å². The molecule has 0 aliphatic carbocycles. The monoisotopic (exact) mass is 455 g/mol. The van der Waals surface area contributed by atoms with Gasteiger partial charge in [0.15, 0.2) is 5.54 Å². The Balaban J connectivity index is 1.51. The van der Waals surface area contributed by atoms with E-state index in [0.717, 1.165) is 6.07 Å². The number of halogens is 4. The van der Waals surface area contributed by atoms with Crippen molar-refractivity contribution in [3.63, 3.8) is 0 Å². The SMILES string of the molecule is Cn1ccnc1C1(CCC(=O)N2Cc3cc(Cl)c(C(F)(F)F)cc3C2)NC(=O)NC1=O. The lowest BCUT2D eigenvalue weighted by Gasteiger charge is -2.26. The highest BCUT2D eigenvalue weighted by molar-refractivity contribution is 6.31. The van der Waals surface area contributed by atoms with Crippen LogP contribution in [0.5, 0.6) is 0 Å². The van der Waals surface area contributed by atoms with Gasteiger partial charge in [-0.05, 0) is 29.7 Å². The van der Waals surface area contributed by atoms with Gasteiger partial charge in [0.1, 0.15) is 5.82 Å². The van der Waals surface area contributed by atoms with Gasteiger partial charge in [-0.1, -0.05) is 11.6 Å². The number of rotatable bonds is 4. The Bertz CT molecular complexity index is 1100. The molecule has 0 spiro atoms. The summed E-state index contributed by atoms with van der Waals surface area (Å²) in [6.45, 7) is 0.113. The summed E-state index contributed by atoms with van der Waals surface area (Å²) < 4.78 is 40.9. The van der Waals surface area contributed by atoms with E-state index in [1.807, 2.05) is 0 Å². The summed E-state index contributed by atoms with van der Waals surface area (Å²) in [6.07, 6.45) is -1.71. The van der Waals surface area contributed by atoms with Gasteiger partial charge in [0.2, 0.25) is 5.91 Å². The van der Waals surface area contributed by atoms with Gasteiger partial charge in [-0.15, -0.1) is 0 Å². The lowest BCUT2D eigenvalue weighted by atomic mass is 9.92. The van der Waals surface area contributed by atoms with E-state index >= 15 is 0 Å². The van der Waals surface area contributed by atoms with Crippen molar-refractivity contribution in [2.45, 2.75) is 37.6 Å². The van der Waals surface area contributed by atoms with Gasteiger partial charge in [0, 0.05) is 39.0 Å². The number of fused-ring (bicyclic) bond motifs is 1. The third-order valence-corrected chi connectivity index (χ3v) is 5.84. The zero-order chi connectivity index (χ0) is 22.6. The number of amides is 4. The molecular formula is C19H17ClF3N5O3. The zero-order valence-corrected chi connectivity index (χ0v) is 17.0. The minimum Gasteiger partial charge on any atom is -0.336 e. The number of carbonyl (C=O) groups is 3. The molecule has 2 aliphatic heterocycles. The number of carbonyl (C=O) groups excluding carboxylic acids is 3. The van der Waals surface area contributed by atoms with Crippen molar-refractivity contribution in [1.29, 1.82) is 0 Å². The Morgan fingerprint density at radius 3 is 2.48 bits per heavy atom. The molecule has 164 valence electrons. The number of imide groups is 1. The average molecular weight is 456 g/mol. The van der Waals surface area contributed by atoms with Crippen LogP contribution in [0.1, 0.15) is 35.4 Å². The molecule has 31 heavy (non-hydrogen) atoms. The second kappa shape index (κ2) is 7.26. The Morgan fingerprint density at radius 2 is 1.94 bits per heavy atom. The van der Waals surface area contributed by atoms with Gasteiger partial charge >= 0.3 is 12.2 Å². The van der Waals surface area contributed by atoms with Gasteiger partial charge in [0.25, 0.3) is 5.91 Å². The van der Waals surface area contributed by atoms with Crippen LogP contribution >= 0.6 is 11.6 Å². The lowest BCUT2D eigenvalue weighted by molar-refractivity contribution is -0.137. The quantitative estimate of drug-likeness (QED) is 0.692. The number of benzene rings is 1. The van der Waals surface area contributed by atoms with Crippen molar-refractivity contribution in [3.8, 4) is 0 Å². The number of hydrogen-bond acceptors (Lipinski definition) is 4. The second-order valence-corrected chi connectivity index (χ2v) is 7.93.